The number of rotatable bonds is 15. The highest BCUT2D eigenvalue weighted by atomic mass is 16.5. The summed E-state index contributed by atoms with van der Waals surface area (Å²) in [5.74, 6) is 0.879. The van der Waals surface area contributed by atoms with Crippen molar-refractivity contribution in [3.05, 3.63) is 0 Å². The molecule has 1 fully saturated rings. The van der Waals surface area contributed by atoms with Gasteiger partial charge in [-0.05, 0) is 37.1 Å². The van der Waals surface area contributed by atoms with E-state index >= 15 is 0 Å². The molecule has 0 spiro atoms. The Morgan fingerprint density at radius 1 is 1.12 bits per heavy atom. The minimum atomic E-state index is -0.427. The van der Waals surface area contributed by atoms with Crippen LogP contribution in [0.15, 0.2) is 0 Å². The van der Waals surface area contributed by atoms with Gasteiger partial charge in [0.15, 0.2) is 0 Å². The van der Waals surface area contributed by atoms with Crippen LogP contribution in [0.5, 0.6) is 0 Å². The van der Waals surface area contributed by atoms with Gasteiger partial charge in [-0.2, -0.15) is 0 Å². The van der Waals surface area contributed by atoms with E-state index in [4.69, 9.17) is 4.74 Å². The van der Waals surface area contributed by atoms with Gasteiger partial charge in [-0.3, -0.25) is 14.4 Å². The minimum Gasteiger partial charge on any atom is -0.379 e. The van der Waals surface area contributed by atoms with E-state index in [1.165, 1.54) is 0 Å². The van der Waals surface area contributed by atoms with Crippen LogP contribution in [0, 0.1) is 23.7 Å². The first-order valence-electron chi connectivity index (χ1n) is 12.6. The van der Waals surface area contributed by atoms with Crippen LogP contribution in [0.3, 0.4) is 0 Å². The fourth-order valence-corrected chi connectivity index (χ4v) is 4.90. The smallest absolute Gasteiger partial charge is 0.242 e. The van der Waals surface area contributed by atoms with E-state index in [1.807, 2.05) is 13.8 Å². The number of ether oxygens (including phenoxy) is 1. The number of carbonyl (C=O) groups excluding carboxylic acids is 3. The highest BCUT2D eigenvalue weighted by molar-refractivity contribution is 5.87. The second kappa shape index (κ2) is 13.9. The molecule has 0 saturated heterocycles. The Hall–Kier alpha value is -1.67. The average Bonchev–Trinajstić information content (AvgIpc) is 3.37. The van der Waals surface area contributed by atoms with Gasteiger partial charge in [-0.15, -0.1) is 0 Å². The Bertz CT molecular complexity index is 642. The number of nitrogens with one attached hydrogen (secondary N) is 3. The molecule has 192 valence electrons. The number of amides is 3. The number of hydrogen-bond donors (Lipinski definition) is 3. The van der Waals surface area contributed by atoms with Crippen LogP contribution in [0.1, 0.15) is 67.2 Å². The Labute approximate surface area is 200 Å². The molecule has 33 heavy (non-hydrogen) atoms. The fraction of sp³-hybridized carbons (Fsp3) is 0.880. The van der Waals surface area contributed by atoms with Crippen molar-refractivity contribution >= 4 is 17.7 Å². The lowest BCUT2D eigenvalue weighted by molar-refractivity contribution is -0.139. The van der Waals surface area contributed by atoms with Crippen LogP contribution in [-0.2, 0) is 19.1 Å². The van der Waals surface area contributed by atoms with Crippen molar-refractivity contribution in [2.45, 2.75) is 91.5 Å². The average molecular weight is 469 g/mol. The van der Waals surface area contributed by atoms with Crippen molar-refractivity contribution in [1.29, 1.82) is 0 Å². The molecular weight excluding hydrogens is 420 g/mol. The van der Waals surface area contributed by atoms with E-state index < -0.39 is 6.10 Å². The zero-order valence-electron chi connectivity index (χ0n) is 22.2. The highest BCUT2D eigenvalue weighted by Gasteiger charge is 2.46. The zero-order valence-corrected chi connectivity index (χ0v) is 22.2. The number of carbonyl (C=O) groups is 3. The van der Waals surface area contributed by atoms with Gasteiger partial charge in [-0.25, -0.2) is 0 Å². The van der Waals surface area contributed by atoms with Crippen molar-refractivity contribution < 1.29 is 19.1 Å². The van der Waals surface area contributed by atoms with E-state index in [1.54, 1.807) is 26.1 Å². The van der Waals surface area contributed by atoms with Gasteiger partial charge in [-0.1, -0.05) is 54.4 Å². The summed E-state index contributed by atoms with van der Waals surface area (Å²) < 4.78 is 5.74. The lowest BCUT2D eigenvalue weighted by Gasteiger charge is -2.37. The van der Waals surface area contributed by atoms with E-state index in [0.29, 0.717) is 11.8 Å². The Balaban J connectivity index is 2.79. The van der Waals surface area contributed by atoms with Crippen LogP contribution in [-0.4, -0.2) is 74.6 Å². The SMILES string of the molecule is CCCC1C(C)C1NC(=O)CC(OC)C(C(C)CC)N(C)C(=O)CNC(=O)C(NC)C(C)C. The molecule has 0 aromatic carbocycles. The van der Waals surface area contributed by atoms with E-state index in [-0.39, 0.29) is 60.6 Å². The summed E-state index contributed by atoms with van der Waals surface area (Å²) in [5, 5.41) is 8.90. The molecule has 1 aliphatic rings. The maximum atomic E-state index is 13.0. The molecule has 0 aromatic rings. The summed E-state index contributed by atoms with van der Waals surface area (Å²) in [6.45, 7) is 12.3. The third-order valence-electron chi connectivity index (χ3n) is 7.32. The largest absolute Gasteiger partial charge is 0.379 e. The predicted octanol–water partition coefficient (Wildman–Crippen LogP) is 2.18. The van der Waals surface area contributed by atoms with Gasteiger partial charge in [0.2, 0.25) is 17.7 Å². The first kappa shape index (κ1) is 29.4. The Morgan fingerprint density at radius 3 is 2.24 bits per heavy atom. The number of methoxy groups -OCH3 is 1. The third-order valence-corrected chi connectivity index (χ3v) is 7.32. The molecule has 8 heteroatoms. The molecule has 0 aliphatic heterocycles. The van der Waals surface area contributed by atoms with Crippen molar-refractivity contribution in [1.82, 2.24) is 20.9 Å². The molecule has 0 heterocycles. The minimum absolute atomic E-state index is 0.0337. The van der Waals surface area contributed by atoms with Crippen LogP contribution >= 0.6 is 0 Å². The van der Waals surface area contributed by atoms with Gasteiger partial charge in [0, 0.05) is 20.2 Å². The van der Waals surface area contributed by atoms with Crippen molar-refractivity contribution in [2.75, 3.05) is 27.7 Å². The first-order valence-corrected chi connectivity index (χ1v) is 12.6. The zero-order chi connectivity index (χ0) is 25.3. The third kappa shape index (κ3) is 8.25. The maximum Gasteiger partial charge on any atom is 0.242 e. The topological polar surface area (TPSA) is 99.8 Å². The van der Waals surface area contributed by atoms with E-state index in [0.717, 1.165) is 19.3 Å². The highest BCUT2D eigenvalue weighted by Crippen LogP contribution is 2.42. The lowest BCUT2D eigenvalue weighted by Crippen LogP contribution is -2.54. The molecule has 7 unspecified atom stereocenters. The molecule has 0 bridgehead atoms. The van der Waals surface area contributed by atoms with Crippen molar-refractivity contribution in [2.24, 2.45) is 23.7 Å². The van der Waals surface area contributed by atoms with Gasteiger partial charge >= 0.3 is 0 Å². The summed E-state index contributed by atoms with van der Waals surface area (Å²) in [5.41, 5.74) is 0. The fourth-order valence-electron chi connectivity index (χ4n) is 4.90. The molecule has 3 amide bonds. The quantitative estimate of drug-likeness (QED) is 0.342. The summed E-state index contributed by atoms with van der Waals surface area (Å²) >= 11 is 0. The predicted molar refractivity (Wildman–Crippen MR) is 132 cm³/mol. The second-order valence-corrected chi connectivity index (χ2v) is 9.99. The maximum absolute atomic E-state index is 13.0. The van der Waals surface area contributed by atoms with Gasteiger partial charge in [0.1, 0.15) is 0 Å². The van der Waals surface area contributed by atoms with Crippen LogP contribution in [0.25, 0.3) is 0 Å². The van der Waals surface area contributed by atoms with Gasteiger partial charge < -0.3 is 25.6 Å². The normalized spacial score (nSPS) is 23.4. The van der Waals surface area contributed by atoms with Crippen molar-refractivity contribution in [3.63, 3.8) is 0 Å². The standard InChI is InChI=1S/C25H48N4O4/c1-10-12-18-17(6)23(18)28-20(30)13-19(33-9)24(16(5)11-2)29(8)21(31)14-27-25(32)22(26-7)15(3)4/h15-19,22-24,26H,10-14H2,1-9H3,(H,27,32)(H,28,30). The number of hydrogen-bond acceptors (Lipinski definition) is 5. The van der Waals surface area contributed by atoms with Gasteiger partial charge in [0.05, 0.1) is 31.2 Å². The van der Waals surface area contributed by atoms with Crippen LogP contribution in [0.4, 0.5) is 0 Å². The molecular formula is C25H48N4O4. The van der Waals surface area contributed by atoms with E-state index in [2.05, 4.69) is 43.6 Å². The summed E-state index contributed by atoms with van der Waals surface area (Å²) in [6, 6.07) is -0.388. The van der Waals surface area contributed by atoms with Crippen LogP contribution < -0.4 is 16.0 Å². The molecule has 8 nitrogen and oxygen atoms in total. The van der Waals surface area contributed by atoms with Gasteiger partial charge in [0.25, 0.3) is 0 Å². The summed E-state index contributed by atoms with van der Waals surface area (Å²) in [4.78, 5) is 39.8. The summed E-state index contributed by atoms with van der Waals surface area (Å²) in [7, 11) is 5.05. The lowest BCUT2D eigenvalue weighted by atomic mass is 9.91. The molecule has 3 N–H and O–H groups in total. The molecule has 1 aliphatic carbocycles. The molecule has 1 saturated carbocycles. The first-order chi connectivity index (χ1) is 15.5. The molecule has 1 rings (SSSR count). The molecule has 0 aromatic heterocycles. The number of likely N-dealkylation sites (N-methyl/N-ethyl adjacent to an activating group) is 2. The summed E-state index contributed by atoms with van der Waals surface area (Å²) in [6.07, 6.45) is 2.86. The molecule has 0 radical (unpaired) electrons. The molecule has 7 atom stereocenters. The number of nitrogens with zero attached hydrogens (tertiary/aromatic N) is 1. The second-order valence-electron chi connectivity index (χ2n) is 9.99. The Kier molecular flexibility index (Phi) is 12.4. The Morgan fingerprint density at radius 2 is 1.76 bits per heavy atom. The van der Waals surface area contributed by atoms with Crippen molar-refractivity contribution in [3.8, 4) is 0 Å². The van der Waals surface area contributed by atoms with E-state index in [9.17, 15) is 14.4 Å². The van der Waals surface area contributed by atoms with Crippen LogP contribution in [0.2, 0.25) is 0 Å². The monoisotopic (exact) mass is 468 g/mol.